The average molecular weight is 535 g/mol. The van der Waals surface area contributed by atoms with E-state index in [2.05, 4.69) is 5.32 Å². The number of rotatable bonds is 10. The molecule has 0 aliphatic carbocycles. The third-order valence-corrected chi connectivity index (χ3v) is 7.82. The fourth-order valence-electron chi connectivity index (χ4n) is 3.60. The van der Waals surface area contributed by atoms with Crippen molar-refractivity contribution in [3.05, 3.63) is 88.2 Å². The van der Waals surface area contributed by atoms with Crippen molar-refractivity contribution in [3.63, 3.8) is 0 Å². The van der Waals surface area contributed by atoms with Gasteiger partial charge in [0.15, 0.2) is 11.5 Å². The summed E-state index contributed by atoms with van der Waals surface area (Å²) in [6, 6.07) is 15.0. The molecule has 0 aliphatic rings. The average Bonchev–Trinajstić information content (AvgIpc) is 2.85. The fourth-order valence-corrected chi connectivity index (χ4v) is 5.18. The molecule has 1 atom stereocenters. The first-order valence-electron chi connectivity index (χ1n) is 11.1. The second-order valence-electron chi connectivity index (χ2n) is 8.19. The van der Waals surface area contributed by atoms with E-state index in [0.717, 1.165) is 15.4 Å². The summed E-state index contributed by atoms with van der Waals surface area (Å²) in [6.45, 7) is 2.63. The van der Waals surface area contributed by atoms with Crippen LogP contribution in [0.1, 0.15) is 29.7 Å². The first kappa shape index (κ1) is 27.4. The Morgan fingerprint density at radius 2 is 1.72 bits per heavy atom. The van der Waals surface area contributed by atoms with E-state index in [1.54, 1.807) is 37.3 Å². The predicted octanol–water partition coefficient (Wildman–Crippen LogP) is 4.87. The Hall–Kier alpha value is -3.14. The molecule has 0 saturated carbocycles. The lowest BCUT2D eigenvalue weighted by Crippen LogP contribution is -2.41. The molecule has 0 aliphatic heterocycles. The predicted molar refractivity (Wildman–Crippen MR) is 136 cm³/mol. The van der Waals surface area contributed by atoms with Gasteiger partial charge in [-0.1, -0.05) is 41.4 Å². The summed E-state index contributed by atoms with van der Waals surface area (Å²) in [5.74, 6) is -0.197. The molecule has 0 heterocycles. The molecule has 1 N–H and O–H groups in total. The van der Waals surface area contributed by atoms with Crippen LogP contribution in [0.3, 0.4) is 0 Å². The first-order chi connectivity index (χ1) is 17.1. The van der Waals surface area contributed by atoms with Crippen LogP contribution in [-0.4, -0.2) is 39.4 Å². The Morgan fingerprint density at radius 3 is 2.33 bits per heavy atom. The number of methoxy groups -OCH3 is 2. The number of halogens is 2. The summed E-state index contributed by atoms with van der Waals surface area (Å²) >= 11 is 6.16. The molecule has 0 unspecified atom stereocenters. The largest absolute Gasteiger partial charge is 0.493 e. The Kier molecular flexibility index (Phi) is 8.94. The van der Waals surface area contributed by atoms with Gasteiger partial charge in [0, 0.05) is 17.1 Å². The second-order valence-corrected chi connectivity index (χ2v) is 10.5. The van der Waals surface area contributed by atoms with Gasteiger partial charge in [0.2, 0.25) is 15.9 Å². The molecule has 1 amide bonds. The highest BCUT2D eigenvalue weighted by molar-refractivity contribution is 7.89. The van der Waals surface area contributed by atoms with Crippen molar-refractivity contribution >= 4 is 27.5 Å². The summed E-state index contributed by atoms with van der Waals surface area (Å²) in [6.07, 6.45) is 0. The van der Waals surface area contributed by atoms with Crippen LogP contribution in [0.15, 0.2) is 65.6 Å². The van der Waals surface area contributed by atoms with Crippen LogP contribution in [0.5, 0.6) is 11.5 Å². The lowest BCUT2D eigenvalue weighted by Gasteiger charge is -2.24. The van der Waals surface area contributed by atoms with Gasteiger partial charge < -0.3 is 14.8 Å². The maximum atomic E-state index is 14.5. The van der Waals surface area contributed by atoms with E-state index in [0.29, 0.717) is 11.5 Å². The highest BCUT2D eigenvalue weighted by Gasteiger charge is 2.29. The number of nitrogens with one attached hydrogen (secondary N) is 1. The van der Waals surface area contributed by atoms with Gasteiger partial charge in [-0.05, 0) is 55.8 Å². The Morgan fingerprint density at radius 1 is 1.06 bits per heavy atom. The maximum absolute atomic E-state index is 14.5. The van der Waals surface area contributed by atoms with Gasteiger partial charge in [-0.3, -0.25) is 4.79 Å². The fraction of sp³-hybridized carbons (Fsp3) is 0.269. The number of amides is 1. The van der Waals surface area contributed by atoms with Crippen molar-refractivity contribution < 1.29 is 27.1 Å². The van der Waals surface area contributed by atoms with Crippen LogP contribution in [0.25, 0.3) is 0 Å². The molecule has 10 heteroatoms. The van der Waals surface area contributed by atoms with E-state index in [1.807, 2.05) is 6.92 Å². The molecule has 0 spiro atoms. The molecule has 3 rings (SSSR count). The van der Waals surface area contributed by atoms with Crippen molar-refractivity contribution in [2.75, 3.05) is 20.8 Å². The van der Waals surface area contributed by atoms with Gasteiger partial charge in [-0.15, -0.1) is 0 Å². The second kappa shape index (κ2) is 11.7. The van der Waals surface area contributed by atoms with Crippen LogP contribution < -0.4 is 14.8 Å². The van der Waals surface area contributed by atoms with Crippen molar-refractivity contribution in [1.29, 1.82) is 0 Å². The van der Waals surface area contributed by atoms with E-state index in [1.165, 1.54) is 44.6 Å². The van der Waals surface area contributed by atoms with Crippen molar-refractivity contribution in [1.82, 2.24) is 9.62 Å². The third kappa shape index (κ3) is 6.34. The van der Waals surface area contributed by atoms with Gasteiger partial charge in [-0.25, -0.2) is 12.8 Å². The van der Waals surface area contributed by atoms with E-state index >= 15 is 0 Å². The normalized spacial score (nSPS) is 12.3. The molecule has 192 valence electrons. The van der Waals surface area contributed by atoms with E-state index in [9.17, 15) is 17.6 Å². The zero-order valence-electron chi connectivity index (χ0n) is 20.4. The van der Waals surface area contributed by atoms with Gasteiger partial charge >= 0.3 is 0 Å². The van der Waals surface area contributed by atoms with Crippen molar-refractivity contribution in [2.24, 2.45) is 0 Å². The third-order valence-electron chi connectivity index (χ3n) is 5.66. The molecule has 7 nitrogen and oxygen atoms in total. The number of carbonyl (C=O) groups is 1. The van der Waals surface area contributed by atoms with Crippen LogP contribution in [0.2, 0.25) is 5.02 Å². The summed E-state index contributed by atoms with van der Waals surface area (Å²) in [5, 5.41) is 2.86. The Bertz CT molecular complexity index is 1310. The molecule has 36 heavy (non-hydrogen) atoms. The number of hydrogen-bond acceptors (Lipinski definition) is 5. The lowest BCUT2D eigenvalue weighted by molar-refractivity contribution is -0.122. The monoisotopic (exact) mass is 534 g/mol. The summed E-state index contributed by atoms with van der Waals surface area (Å²) < 4.78 is 52.9. The molecule has 0 fully saturated rings. The summed E-state index contributed by atoms with van der Waals surface area (Å²) in [5.41, 5.74) is 1.58. The molecular weight excluding hydrogens is 507 g/mol. The molecule has 0 radical (unpaired) electrons. The standard InChI is InChI=1S/C26H28ClFN2O5S/c1-17-8-11-20(12-9-17)36(32,33)30(15-21-22(27)6-5-7-23(21)28)16-26(31)29-18(2)19-10-13-24(34-3)25(14-19)35-4/h5-14,18H,15-16H2,1-4H3,(H,29,31)/t18-/m0/s1. The molecule has 3 aromatic carbocycles. The maximum Gasteiger partial charge on any atom is 0.243 e. The topological polar surface area (TPSA) is 84.9 Å². The highest BCUT2D eigenvalue weighted by atomic mass is 35.5. The van der Waals surface area contributed by atoms with Gasteiger partial charge in [-0.2, -0.15) is 4.31 Å². The van der Waals surface area contributed by atoms with Gasteiger partial charge in [0.25, 0.3) is 0 Å². The van der Waals surface area contributed by atoms with Crippen molar-refractivity contribution in [2.45, 2.75) is 31.3 Å². The number of aryl methyl sites for hydroxylation is 1. The van der Waals surface area contributed by atoms with Crippen LogP contribution in [0, 0.1) is 12.7 Å². The van der Waals surface area contributed by atoms with Gasteiger partial charge in [0.1, 0.15) is 5.82 Å². The summed E-state index contributed by atoms with van der Waals surface area (Å²) in [7, 11) is -1.13. The van der Waals surface area contributed by atoms with Crippen LogP contribution >= 0.6 is 11.6 Å². The quantitative estimate of drug-likeness (QED) is 0.401. The molecule has 3 aromatic rings. The Labute approximate surface area is 215 Å². The van der Waals surface area contributed by atoms with Crippen LogP contribution in [-0.2, 0) is 21.4 Å². The minimum Gasteiger partial charge on any atom is -0.493 e. The smallest absolute Gasteiger partial charge is 0.243 e. The number of sulfonamides is 1. The molecule has 0 saturated heterocycles. The number of nitrogens with zero attached hydrogens (tertiary/aromatic N) is 1. The van der Waals surface area contributed by atoms with E-state index in [-0.39, 0.29) is 15.5 Å². The number of hydrogen-bond donors (Lipinski definition) is 1. The molecule has 0 bridgehead atoms. The molecule has 0 aromatic heterocycles. The number of carbonyl (C=O) groups excluding carboxylic acids is 1. The van der Waals surface area contributed by atoms with Crippen LogP contribution in [0.4, 0.5) is 4.39 Å². The number of benzene rings is 3. The molecular formula is C26H28ClFN2O5S. The minimum absolute atomic E-state index is 0.0127. The minimum atomic E-state index is -4.15. The van der Waals surface area contributed by atoms with Gasteiger partial charge in [0.05, 0.1) is 31.7 Å². The summed E-state index contributed by atoms with van der Waals surface area (Å²) in [4.78, 5) is 13.0. The number of ether oxygens (including phenoxy) is 2. The highest BCUT2D eigenvalue weighted by Crippen LogP contribution is 2.30. The first-order valence-corrected chi connectivity index (χ1v) is 12.9. The SMILES string of the molecule is COc1ccc([C@H](C)NC(=O)CN(Cc2c(F)cccc2Cl)S(=O)(=O)c2ccc(C)cc2)cc1OC. The lowest BCUT2D eigenvalue weighted by atomic mass is 10.1. The zero-order valence-corrected chi connectivity index (χ0v) is 22.0. The zero-order chi connectivity index (χ0) is 26.5. The van der Waals surface area contributed by atoms with Crippen molar-refractivity contribution in [3.8, 4) is 11.5 Å². The van der Waals surface area contributed by atoms with E-state index in [4.69, 9.17) is 21.1 Å². The Balaban J connectivity index is 1.88. The van der Waals surface area contributed by atoms with E-state index < -0.39 is 40.9 Å².